The number of piperidine rings is 1. The second-order valence-corrected chi connectivity index (χ2v) is 5.85. The van der Waals surface area contributed by atoms with E-state index in [1.54, 1.807) is 18.2 Å². The van der Waals surface area contributed by atoms with Crippen LogP contribution < -0.4 is 11.1 Å². The van der Waals surface area contributed by atoms with E-state index in [-0.39, 0.29) is 23.8 Å². The van der Waals surface area contributed by atoms with Gasteiger partial charge < -0.3 is 15.8 Å². The summed E-state index contributed by atoms with van der Waals surface area (Å²) >= 11 is 0. The second kappa shape index (κ2) is 7.97. The van der Waals surface area contributed by atoms with E-state index in [1.165, 1.54) is 0 Å². The van der Waals surface area contributed by atoms with Crippen molar-refractivity contribution in [2.24, 2.45) is 5.92 Å². The third-order valence-electron chi connectivity index (χ3n) is 4.23. The van der Waals surface area contributed by atoms with Crippen LogP contribution in [0.5, 0.6) is 0 Å². The molecule has 1 aliphatic heterocycles. The summed E-state index contributed by atoms with van der Waals surface area (Å²) in [5, 5.41) is 2.88. The predicted molar refractivity (Wildman–Crippen MR) is 89.9 cm³/mol. The first kappa shape index (κ1) is 17.3. The number of nitrogens with zero attached hydrogens (tertiary/aromatic N) is 1. The van der Waals surface area contributed by atoms with Gasteiger partial charge in [0.05, 0.1) is 18.6 Å². The molecule has 6 heteroatoms. The zero-order chi connectivity index (χ0) is 16.8. The van der Waals surface area contributed by atoms with E-state index in [0.717, 1.165) is 25.9 Å². The van der Waals surface area contributed by atoms with Gasteiger partial charge in [-0.3, -0.25) is 14.5 Å². The van der Waals surface area contributed by atoms with Crippen LogP contribution in [0.1, 0.15) is 26.7 Å². The van der Waals surface area contributed by atoms with Gasteiger partial charge in [0, 0.05) is 11.4 Å². The van der Waals surface area contributed by atoms with Crippen molar-refractivity contribution in [2.45, 2.75) is 32.7 Å². The highest BCUT2D eigenvalue weighted by molar-refractivity contribution is 5.94. The minimum atomic E-state index is -0.250. The van der Waals surface area contributed by atoms with Crippen molar-refractivity contribution in [1.29, 1.82) is 0 Å². The van der Waals surface area contributed by atoms with Gasteiger partial charge in [-0.1, -0.05) is 6.07 Å². The van der Waals surface area contributed by atoms with Crippen LogP contribution >= 0.6 is 0 Å². The van der Waals surface area contributed by atoms with Crippen molar-refractivity contribution in [3.05, 3.63) is 24.3 Å². The number of nitrogen functional groups attached to an aromatic ring is 1. The fourth-order valence-corrected chi connectivity index (χ4v) is 2.81. The summed E-state index contributed by atoms with van der Waals surface area (Å²) in [5.41, 5.74) is 7.03. The van der Waals surface area contributed by atoms with Crippen LogP contribution in [0.2, 0.25) is 0 Å². The van der Waals surface area contributed by atoms with E-state index >= 15 is 0 Å². The maximum atomic E-state index is 12.4. The number of carbonyl (C=O) groups excluding carboxylic acids is 2. The summed E-state index contributed by atoms with van der Waals surface area (Å²) in [7, 11) is 0. The number of likely N-dealkylation sites (tertiary alicyclic amines) is 1. The van der Waals surface area contributed by atoms with Crippen molar-refractivity contribution in [3.63, 3.8) is 0 Å². The first-order chi connectivity index (χ1) is 11.0. The molecule has 3 N–H and O–H groups in total. The summed E-state index contributed by atoms with van der Waals surface area (Å²) in [6.45, 7) is 5.55. The van der Waals surface area contributed by atoms with Crippen LogP contribution in [0, 0.1) is 5.92 Å². The Kier molecular flexibility index (Phi) is 5.98. The smallest absolute Gasteiger partial charge is 0.309 e. The molecular weight excluding hydrogens is 294 g/mol. The monoisotopic (exact) mass is 319 g/mol. The van der Waals surface area contributed by atoms with Gasteiger partial charge in [-0.05, 0) is 58.0 Å². The summed E-state index contributed by atoms with van der Waals surface area (Å²) < 4.78 is 5.07. The van der Waals surface area contributed by atoms with Crippen LogP contribution in [0.4, 0.5) is 11.4 Å². The molecule has 0 radical (unpaired) electrons. The highest BCUT2D eigenvalue weighted by Crippen LogP contribution is 2.21. The van der Waals surface area contributed by atoms with E-state index in [4.69, 9.17) is 10.5 Å². The standard InChI is InChI=1S/C17H25N3O3/c1-3-23-17(22)13-7-9-20(10-8-13)12(2)16(21)19-15-6-4-5-14(18)11-15/h4-6,11-13H,3,7-10,18H2,1-2H3,(H,19,21). The normalized spacial score (nSPS) is 17.5. The SMILES string of the molecule is CCOC(=O)C1CCN(C(C)C(=O)Nc2cccc(N)c2)CC1. The van der Waals surface area contributed by atoms with E-state index in [0.29, 0.717) is 18.0 Å². The zero-order valence-electron chi connectivity index (χ0n) is 13.7. The first-order valence-corrected chi connectivity index (χ1v) is 8.08. The molecule has 1 aromatic rings. The summed E-state index contributed by atoms with van der Waals surface area (Å²) in [5.74, 6) is -0.232. The molecule has 1 saturated heterocycles. The quantitative estimate of drug-likeness (QED) is 0.639. The van der Waals surface area contributed by atoms with Gasteiger partial charge in [0.1, 0.15) is 0 Å². The number of hydrogen-bond acceptors (Lipinski definition) is 5. The molecule has 0 spiro atoms. The molecule has 6 nitrogen and oxygen atoms in total. The fourth-order valence-electron chi connectivity index (χ4n) is 2.81. The van der Waals surface area contributed by atoms with Gasteiger partial charge >= 0.3 is 5.97 Å². The van der Waals surface area contributed by atoms with Gasteiger partial charge in [-0.15, -0.1) is 0 Å². The summed E-state index contributed by atoms with van der Waals surface area (Å²) in [6.07, 6.45) is 1.46. The molecule has 0 aromatic heterocycles. The maximum absolute atomic E-state index is 12.4. The number of esters is 1. The molecule has 2 rings (SSSR count). The lowest BCUT2D eigenvalue weighted by atomic mass is 9.96. The Morgan fingerprint density at radius 3 is 2.70 bits per heavy atom. The number of nitrogens with two attached hydrogens (primary N) is 1. The van der Waals surface area contributed by atoms with E-state index in [9.17, 15) is 9.59 Å². The van der Waals surface area contributed by atoms with E-state index in [2.05, 4.69) is 10.2 Å². The number of anilines is 2. The minimum absolute atomic E-state index is 0.0459. The minimum Gasteiger partial charge on any atom is -0.466 e. The predicted octanol–water partition coefficient (Wildman–Crippen LogP) is 1.87. The number of nitrogens with one attached hydrogen (secondary N) is 1. The average Bonchev–Trinajstić information content (AvgIpc) is 2.54. The number of rotatable bonds is 5. The van der Waals surface area contributed by atoms with Crippen molar-refractivity contribution in [2.75, 3.05) is 30.7 Å². The fraction of sp³-hybridized carbons (Fsp3) is 0.529. The van der Waals surface area contributed by atoms with Gasteiger partial charge in [0.15, 0.2) is 0 Å². The van der Waals surface area contributed by atoms with Crippen LogP contribution in [-0.2, 0) is 14.3 Å². The Morgan fingerprint density at radius 1 is 1.39 bits per heavy atom. The molecule has 1 aliphatic rings. The Labute approximate surface area is 137 Å². The molecule has 0 saturated carbocycles. The van der Waals surface area contributed by atoms with Crippen LogP contribution in [0.25, 0.3) is 0 Å². The van der Waals surface area contributed by atoms with Crippen LogP contribution in [0.15, 0.2) is 24.3 Å². The molecule has 0 bridgehead atoms. The van der Waals surface area contributed by atoms with Gasteiger partial charge in [-0.25, -0.2) is 0 Å². The van der Waals surface area contributed by atoms with Crippen molar-refractivity contribution in [1.82, 2.24) is 4.90 Å². The van der Waals surface area contributed by atoms with Crippen LogP contribution in [0.3, 0.4) is 0 Å². The summed E-state index contributed by atoms with van der Waals surface area (Å²) in [4.78, 5) is 26.2. The maximum Gasteiger partial charge on any atom is 0.309 e. The van der Waals surface area contributed by atoms with E-state index in [1.807, 2.05) is 19.9 Å². The largest absolute Gasteiger partial charge is 0.466 e. The number of ether oxygens (including phenoxy) is 1. The third kappa shape index (κ3) is 4.69. The third-order valence-corrected chi connectivity index (χ3v) is 4.23. The van der Waals surface area contributed by atoms with Crippen LogP contribution in [-0.4, -0.2) is 42.5 Å². The lowest BCUT2D eigenvalue weighted by molar-refractivity contribution is -0.149. The Morgan fingerprint density at radius 2 is 2.09 bits per heavy atom. The Hall–Kier alpha value is -2.08. The highest BCUT2D eigenvalue weighted by Gasteiger charge is 2.30. The van der Waals surface area contributed by atoms with Crippen molar-refractivity contribution in [3.8, 4) is 0 Å². The van der Waals surface area contributed by atoms with E-state index < -0.39 is 0 Å². The second-order valence-electron chi connectivity index (χ2n) is 5.85. The molecule has 126 valence electrons. The number of benzene rings is 1. The molecule has 1 aromatic carbocycles. The molecule has 1 fully saturated rings. The summed E-state index contributed by atoms with van der Waals surface area (Å²) in [6, 6.07) is 6.88. The molecular formula is C17H25N3O3. The Bertz CT molecular complexity index is 554. The number of carbonyl (C=O) groups is 2. The first-order valence-electron chi connectivity index (χ1n) is 8.08. The van der Waals surface area contributed by atoms with Crippen molar-refractivity contribution >= 4 is 23.3 Å². The number of amides is 1. The molecule has 1 heterocycles. The molecule has 23 heavy (non-hydrogen) atoms. The van der Waals surface area contributed by atoms with Crippen molar-refractivity contribution < 1.29 is 14.3 Å². The zero-order valence-corrected chi connectivity index (χ0v) is 13.7. The molecule has 1 atom stereocenters. The van der Waals surface area contributed by atoms with Gasteiger partial charge in [-0.2, -0.15) is 0 Å². The molecule has 1 amide bonds. The lowest BCUT2D eigenvalue weighted by Gasteiger charge is -2.34. The Balaban J connectivity index is 1.85. The van der Waals surface area contributed by atoms with Gasteiger partial charge in [0.25, 0.3) is 0 Å². The molecule has 1 unspecified atom stereocenters. The topological polar surface area (TPSA) is 84.7 Å². The molecule has 0 aliphatic carbocycles. The van der Waals surface area contributed by atoms with Gasteiger partial charge in [0.2, 0.25) is 5.91 Å². The highest BCUT2D eigenvalue weighted by atomic mass is 16.5. The average molecular weight is 319 g/mol. The number of hydrogen-bond donors (Lipinski definition) is 2. The lowest BCUT2D eigenvalue weighted by Crippen LogP contribution is -2.47.